The van der Waals surface area contributed by atoms with E-state index in [1.54, 1.807) is 66.1 Å². The summed E-state index contributed by atoms with van der Waals surface area (Å²) in [6, 6.07) is 21.4. The number of esters is 2. The van der Waals surface area contributed by atoms with Crippen molar-refractivity contribution in [1.82, 2.24) is 30.2 Å². The summed E-state index contributed by atoms with van der Waals surface area (Å²) in [5.41, 5.74) is 0.141. The second-order valence-electron chi connectivity index (χ2n) is 16.9. The van der Waals surface area contributed by atoms with E-state index in [1.165, 1.54) is 53.9 Å². The molecule has 2 aliphatic rings. The number of benzene rings is 4. The molecule has 73 heavy (non-hydrogen) atoms. The first-order valence-corrected chi connectivity index (χ1v) is 22.4. The molecule has 2 amide bonds. The maximum Gasteiger partial charge on any atom is 0.416 e. The van der Waals surface area contributed by atoms with Gasteiger partial charge in [0.2, 0.25) is 0 Å². The quantitative estimate of drug-likeness (QED) is 0.0606. The van der Waals surface area contributed by atoms with Crippen molar-refractivity contribution < 1.29 is 68.6 Å². The van der Waals surface area contributed by atoms with Gasteiger partial charge in [0.15, 0.2) is 6.29 Å². The molecule has 2 aromatic heterocycles. The molecule has 0 saturated carbocycles. The van der Waals surface area contributed by atoms with E-state index < -0.39 is 71.4 Å². The highest BCUT2D eigenvalue weighted by atomic mass is 19.4. The molecule has 2 N–H and O–H groups in total. The lowest BCUT2D eigenvalue weighted by Crippen LogP contribution is -2.30. The zero-order chi connectivity index (χ0) is 52.9. The number of carbonyl (C=O) groups excluding carboxylic acids is 5. The van der Waals surface area contributed by atoms with Crippen molar-refractivity contribution >= 4 is 41.7 Å². The van der Waals surface area contributed by atoms with E-state index in [2.05, 4.69) is 30.3 Å². The second kappa shape index (κ2) is 21.7. The van der Waals surface area contributed by atoms with Crippen LogP contribution in [-0.4, -0.2) is 76.9 Å². The Morgan fingerprint density at radius 2 is 1.03 bits per heavy atom. The van der Waals surface area contributed by atoms with Crippen LogP contribution in [0.3, 0.4) is 0 Å². The minimum absolute atomic E-state index is 0.0247. The molecule has 6 aromatic rings. The number of hydrogen-bond acceptors (Lipinski definition) is 11. The van der Waals surface area contributed by atoms with Crippen LogP contribution in [0.1, 0.15) is 123 Å². The highest BCUT2D eigenvalue weighted by Gasteiger charge is 2.37. The van der Waals surface area contributed by atoms with Crippen LogP contribution in [0.2, 0.25) is 0 Å². The van der Waals surface area contributed by atoms with Crippen molar-refractivity contribution in [3.8, 4) is 0 Å². The average molecular weight is 1020 g/mol. The number of aromatic nitrogens is 4. The first-order chi connectivity index (χ1) is 34.6. The fraction of sp³-hybridized carbons (Fsp3) is 0.300. The van der Waals surface area contributed by atoms with E-state index in [9.17, 15) is 59.1 Å². The van der Waals surface area contributed by atoms with Gasteiger partial charge in [-0.25, -0.2) is 27.7 Å². The summed E-state index contributed by atoms with van der Waals surface area (Å²) in [7, 11) is 2.53. The standard InChI is InChI=1S/C25H23F5N4O3.C25H23F3N4O4/c1-14(16-6-8-17(9-7-16)24(36)37-2)31-22(35)19-20(21(26)27)32-34-11-10-33(23(19)34)13-15-4-3-5-18(12-15)25(28,29)30;1-15(17-6-8-18(9-7-17)24(35)36-2)29-22(34)21-20(14-33)30-32-11-10-31(23(21)32)13-16-4-3-5-19(12-16)25(26,27)28/h3-9,12,14,21H,10-11,13H2,1-2H3,(H,31,35);3-9,12,14-15H,10-11,13H2,1-2H3,(H,29,34)/t14-;15-/m00/s1. The Kier molecular flexibility index (Phi) is 15.7. The molecule has 0 spiro atoms. The molecule has 4 aromatic carbocycles. The zero-order valence-corrected chi connectivity index (χ0v) is 39.4. The molecule has 0 fully saturated rings. The predicted octanol–water partition coefficient (Wildman–Crippen LogP) is 9.15. The van der Waals surface area contributed by atoms with Gasteiger partial charge >= 0.3 is 24.3 Å². The van der Waals surface area contributed by atoms with E-state index in [0.717, 1.165) is 24.3 Å². The monoisotopic (exact) mass is 1020 g/mol. The lowest BCUT2D eigenvalue weighted by Gasteiger charge is -2.21. The summed E-state index contributed by atoms with van der Waals surface area (Å²) >= 11 is 0. The number of alkyl halides is 8. The number of nitrogens with one attached hydrogen (secondary N) is 2. The third-order valence-corrected chi connectivity index (χ3v) is 12.1. The first kappa shape index (κ1) is 52.7. The molecule has 2 aliphatic heterocycles. The molecule has 0 bridgehead atoms. The van der Waals surface area contributed by atoms with Crippen LogP contribution >= 0.6 is 0 Å². The van der Waals surface area contributed by atoms with Gasteiger partial charge in [0.1, 0.15) is 34.2 Å². The highest BCUT2D eigenvalue weighted by Crippen LogP contribution is 2.37. The number of rotatable bonds is 14. The summed E-state index contributed by atoms with van der Waals surface area (Å²) in [5.74, 6) is -1.85. The lowest BCUT2D eigenvalue weighted by molar-refractivity contribution is -0.138. The molecule has 2 atom stereocenters. The van der Waals surface area contributed by atoms with Crippen molar-refractivity contribution in [2.24, 2.45) is 0 Å². The van der Waals surface area contributed by atoms with Crippen LogP contribution in [0.4, 0.5) is 46.8 Å². The van der Waals surface area contributed by atoms with E-state index in [-0.39, 0.29) is 48.8 Å². The number of aldehydes is 1. The minimum Gasteiger partial charge on any atom is -0.465 e. The summed E-state index contributed by atoms with van der Waals surface area (Å²) in [4.78, 5) is 64.8. The molecule has 15 nitrogen and oxygen atoms in total. The number of amides is 2. The molecule has 23 heteroatoms. The molecule has 0 unspecified atom stereocenters. The molecule has 0 radical (unpaired) electrons. The van der Waals surface area contributed by atoms with Crippen molar-refractivity contribution in [2.45, 2.75) is 70.9 Å². The minimum atomic E-state index is -4.53. The Morgan fingerprint density at radius 3 is 1.42 bits per heavy atom. The van der Waals surface area contributed by atoms with Crippen molar-refractivity contribution in [1.29, 1.82) is 0 Å². The Balaban J connectivity index is 0.000000214. The Labute approximate surface area is 411 Å². The first-order valence-electron chi connectivity index (χ1n) is 22.4. The zero-order valence-electron chi connectivity index (χ0n) is 39.4. The Hall–Kier alpha value is -8.11. The number of halogens is 8. The van der Waals surface area contributed by atoms with Gasteiger partial charge in [-0.3, -0.25) is 14.4 Å². The number of nitrogens with zero attached hydrogens (tertiary/aromatic N) is 6. The SMILES string of the molecule is COC(=O)c1ccc([C@H](C)NC(=O)c2c(C(F)F)nn3c2N(Cc2cccc(C(F)(F)F)c2)CC3)cc1.COC(=O)c1ccc([C@H](C)NC(=O)c2c(C=O)nn3c2N(Cc2cccc(C(F)(F)F)c2)CC3)cc1. The van der Waals surface area contributed by atoms with Gasteiger partial charge in [-0.15, -0.1) is 0 Å². The molecule has 8 rings (SSSR count). The van der Waals surface area contributed by atoms with Crippen molar-refractivity contribution in [3.05, 3.63) is 164 Å². The van der Waals surface area contributed by atoms with Gasteiger partial charge in [-0.1, -0.05) is 48.5 Å². The molecule has 0 saturated heterocycles. The largest absolute Gasteiger partial charge is 0.465 e. The number of anilines is 2. The predicted molar refractivity (Wildman–Crippen MR) is 247 cm³/mol. The maximum atomic E-state index is 13.9. The summed E-state index contributed by atoms with van der Waals surface area (Å²) in [6.45, 7) is 4.77. The smallest absolute Gasteiger partial charge is 0.416 e. The third kappa shape index (κ3) is 11.8. The van der Waals surface area contributed by atoms with Crippen LogP contribution in [0.25, 0.3) is 0 Å². The summed E-state index contributed by atoms with van der Waals surface area (Å²) in [6.07, 6.45) is -11.5. The van der Waals surface area contributed by atoms with Gasteiger partial charge in [-0.05, 0) is 84.6 Å². The summed E-state index contributed by atoms with van der Waals surface area (Å²) < 4.78 is 119. The van der Waals surface area contributed by atoms with Gasteiger partial charge in [-0.2, -0.15) is 36.5 Å². The van der Waals surface area contributed by atoms with Crippen molar-refractivity contribution in [3.63, 3.8) is 0 Å². The highest BCUT2D eigenvalue weighted by molar-refractivity contribution is 6.05. The number of methoxy groups -OCH3 is 2. The summed E-state index contributed by atoms with van der Waals surface area (Å²) in [5, 5.41) is 13.6. The third-order valence-electron chi connectivity index (χ3n) is 12.1. The van der Waals surface area contributed by atoms with Gasteiger partial charge in [0, 0.05) is 26.2 Å². The number of ether oxygens (including phenoxy) is 2. The maximum absolute atomic E-state index is 13.9. The van der Waals surface area contributed by atoms with Crippen LogP contribution in [0.5, 0.6) is 0 Å². The van der Waals surface area contributed by atoms with E-state index in [0.29, 0.717) is 58.6 Å². The van der Waals surface area contributed by atoms with Gasteiger partial charge in [0.25, 0.3) is 18.2 Å². The van der Waals surface area contributed by atoms with Crippen molar-refractivity contribution in [2.75, 3.05) is 37.1 Å². The number of fused-ring (bicyclic) bond motifs is 2. The lowest BCUT2D eigenvalue weighted by atomic mass is 10.1. The fourth-order valence-electron chi connectivity index (χ4n) is 8.41. The number of hydrogen-bond donors (Lipinski definition) is 2. The second-order valence-corrected chi connectivity index (χ2v) is 16.9. The van der Waals surface area contributed by atoms with E-state index in [4.69, 9.17) is 0 Å². The van der Waals surface area contributed by atoms with E-state index >= 15 is 0 Å². The molecular weight excluding hydrogens is 977 g/mol. The Bertz CT molecular complexity index is 3010. The topological polar surface area (TPSA) is 170 Å². The normalized spacial score (nSPS) is 13.9. The van der Waals surface area contributed by atoms with Crippen LogP contribution in [0, 0.1) is 0 Å². The van der Waals surface area contributed by atoms with E-state index in [1.807, 2.05) is 0 Å². The van der Waals surface area contributed by atoms with Gasteiger partial charge in [0.05, 0.1) is 61.6 Å². The molecule has 384 valence electrons. The van der Waals surface area contributed by atoms with Crippen LogP contribution in [0.15, 0.2) is 97.1 Å². The molecular formula is C50H46F8N8O7. The average Bonchev–Trinajstić information content (AvgIpc) is 4.15. The fourth-order valence-corrected chi connectivity index (χ4v) is 8.41. The van der Waals surface area contributed by atoms with Crippen LogP contribution < -0.4 is 20.4 Å². The molecule has 0 aliphatic carbocycles. The van der Waals surface area contributed by atoms with Gasteiger partial charge < -0.3 is 29.9 Å². The molecule has 4 heterocycles. The van der Waals surface area contributed by atoms with Crippen LogP contribution in [-0.2, 0) is 48.0 Å². The number of carbonyl (C=O) groups is 5. The Morgan fingerprint density at radius 1 is 0.616 bits per heavy atom.